The Kier molecular flexibility index (Phi) is 16.6. The van der Waals surface area contributed by atoms with Crippen molar-refractivity contribution in [3.05, 3.63) is 71.9 Å². The number of carbonyl (C=O) groups is 6. The Hall–Kier alpha value is -6.01. The number of nitrogens with one attached hydrogen (secondary N) is 6. The monoisotopic (exact) mass is 764 g/mol. The van der Waals surface area contributed by atoms with Crippen LogP contribution >= 0.6 is 0 Å². The molecular weight excluding hydrogens is 712 g/mol. The average Bonchev–Trinajstić information content (AvgIpc) is 3.54. The second-order valence-corrected chi connectivity index (χ2v) is 13.5. The molecule has 5 amide bonds. The Labute approximate surface area is 318 Å². The zero-order chi connectivity index (χ0) is 40.7. The number of H-pyrrole nitrogens is 1. The number of aliphatic hydroxyl groups is 1. The van der Waals surface area contributed by atoms with E-state index in [9.17, 15) is 39.0 Å². The molecule has 0 bridgehead atoms. The highest BCUT2D eigenvalue weighted by Gasteiger charge is 2.34. The smallest absolute Gasteiger partial charge is 0.326 e. The minimum Gasteiger partial charge on any atom is -0.480 e. The van der Waals surface area contributed by atoms with E-state index < -0.39 is 84.3 Å². The Morgan fingerprint density at radius 3 is 2.05 bits per heavy atom. The van der Waals surface area contributed by atoms with Crippen LogP contribution in [0.25, 0.3) is 10.9 Å². The minimum absolute atomic E-state index is 0.0285. The number of aliphatic imine (C=N–C) groups is 1. The summed E-state index contributed by atoms with van der Waals surface area (Å²) in [5, 5.41) is 33.5. The fourth-order valence-corrected chi connectivity index (χ4v) is 5.69. The number of aliphatic hydroxyl groups excluding tert-OH is 1. The van der Waals surface area contributed by atoms with Gasteiger partial charge in [-0.05, 0) is 49.3 Å². The van der Waals surface area contributed by atoms with E-state index in [1.54, 1.807) is 26.1 Å². The van der Waals surface area contributed by atoms with Gasteiger partial charge in [-0.1, -0.05) is 62.4 Å². The first-order chi connectivity index (χ1) is 26.1. The summed E-state index contributed by atoms with van der Waals surface area (Å²) < 4.78 is 0. The van der Waals surface area contributed by atoms with Gasteiger partial charge in [0.1, 0.15) is 24.2 Å². The molecule has 1 heterocycles. The third-order valence-electron chi connectivity index (χ3n) is 8.68. The molecule has 18 heteroatoms. The lowest BCUT2D eigenvalue weighted by atomic mass is 10.0. The van der Waals surface area contributed by atoms with Crippen molar-refractivity contribution >= 4 is 52.4 Å². The number of hydrogen-bond donors (Lipinski definition) is 11. The van der Waals surface area contributed by atoms with Crippen LogP contribution in [0.2, 0.25) is 0 Å². The Morgan fingerprint density at radius 1 is 0.782 bits per heavy atom. The SMILES string of the molecule is CC(C)C(NC(=O)C(CCCN=C(N)N)NC(=O)C(NC(=O)C(Cc1c[nH]c2ccccc12)NC(=O)CNC(=O)C(N)Cc1ccccc1)C(C)O)C(=O)O. The molecule has 0 fully saturated rings. The molecular formula is C37H52N10O8. The molecule has 18 nitrogen and oxygen atoms in total. The number of fused-ring (bicyclic) bond motifs is 1. The summed E-state index contributed by atoms with van der Waals surface area (Å²) in [4.78, 5) is 85.4. The quantitative estimate of drug-likeness (QED) is 0.0337. The Morgan fingerprint density at radius 2 is 1.42 bits per heavy atom. The van der Waals surface area contributed by atoms with Crippen molar-refractivity contribution in [2.24, 2.45) is 28.1 Å². The Balaban J connectivity index is 1.79. The molecule has 6 unspecified atom stereocenters. The number of rotatable bonds is 21. The molecule has 3 aromatic rings. The molecule has 0 saturated heterocycles. The second-order valence-electron chi connectivity index (χ2n) is 13.5. The molecule has 2 aromatic carbocycles. The fraction of sp³-hybridized carbons (Fsp3) is 0.432. The van der Waals surface area contributed by atoms with Crippen molar-refractivity contribution in [1.82, 2.24) is 31.6 Å². The number of carboxylic acids is 1. The third kappa shape index (κ3) is 13.7. The molecule has 298 valence electrons. The lowest BCUT2D eigenvalue weighted by molar-refractivity contribution is -0.143. The summed E-state index contributed by atoms with van der Waals surface area (Å²) in [5.41, 5.74) is 19.1. The number of aromatic amines is 1. The van der Waals surface area contributed by atoms with Gasteiger partial charge in [0, 0.05) is 30.1 Å². The fourth-order valence-electron chi connectivity index (χ4n) is 5.69. The largest absolute Gasteiger partial charge is 0.480 e. The first-order valence-electron chi connectivity index (χ1n) is 17.9. The van der Waals surface area contributed by atoms with Crippen LogP contribution in [-0.4, -0.2) is 106 Å². The average molecular weight is 765 g/mol. The van der Waals surface area contributed by atoms with E-state index >= 15 is 0 Å². The standard InChI is InChI=1S/C37H52N10O8/c1-20(2)30(36(54)55)46-33(51)27(14-9-15-41-37(39)40)45-35(53)31(21(3)48)47-34(52)28(17-23-18-42-26-13-8-7-12-24(23)26)44-29(49)19-43-32(50)25(38)16-22-10-5-4-6-11-22/h4-8,10-13,18,20-21,25,27-28,30-31,42,48H,9,14-17,19,38H2,1-3H3,(H,43,50)(H,44,49)(H,45,53)(H,46,51)(H,47,52)(H,54,55)(H4,39,40,41). The van der Waals surface area contributed by atoms with Gasteiger partial charge in [0.2, 0.25) is 29.5 Å². The van der Waals surface area contributed by atoms with E-state index in [0.29, 0.717) is 5.56 Å². The molecule has 0 saturated carbocycles. The van der Waals surface area contributed by atoms with Gasteiger partial charge in [-0.3, -0.25) is 29.0 Å². The number of nitrogens with two attached hydrogens (primary N) is 3. The number of guanidine groups is 1. The number of aliphatic carboxylic acids is 1. The molecule has 0 aliphatic heterocycles. The van der Waals surface area contributed by atoms with Crippen molar-refractivity contribution in [3.63, 3.8) is 0 Å². The maximum absolute atomic E-state index is 13.9. The molecule has 3 rings (SSSR count). The zero-order valence-electron chi connectivity index (χ0n) is 31.1. The second kappa shape index (κ2) is 21.0. The summed E-state index contributed by atoms with van der Waals surface area (Å²) >= 11 is 0. The predicted octanol–water partition coefficient (Wildman–Crippen LogP) is -1.49. The van der Waals surface area contributed by atoms with Gasteiger partial charge in [-0.25, -0.2) is 4.79 Å². The van der Waals surface area contributed by atoms with E-state index in [0.717, 1.165) is 16.5 Å². The normalized spacial score (nSPS) is 14.4. The first-order valence-corrected chi connectivity index (χ1v) is 17.9. The van der Waals surface area contributed by atoms with Crippen LogP contribution in [0.3, 0.4) is 0 Å². The minimum atomic E-state index is -1.63. The highest BCUT2D eigenvalue weighted by molar-refractivity contribution is 5.96. The summed E-state index contributed by atoms with van der Waals surface area (Å²) in [6.45, 7) is 4.04. The van der Waals surface area contributed by atoms with Gasteiger partial charge in [0.05, 0.1) is 18.7 Å². The molecule has 0 spiro atoms. The van der Waals surface area contributed by atoms with Crippen LogP contribution < -0.4 is 43.8 Å². The van der Waals surface area contributed by atoms with Crippen LogP contribution in [0, 0.1) is 5.92 Å². The van der Waals surface area contributed by atoms with Crippen LogP contribution in [-0.2, 0) is 41.6 Å². The van der Waals surface area contributed by atoms with Crippen LogP contribution in [0.15, 0.2) is 65.8 Å². The maximum atomic E-state index is 13.9. The first kappa shape index (κ1) is 43.4. The van der Waals surface area contributed by atoms with Crippen molar-refractivity contribution in [3.8, 4) is 0 Å². The van der Waals surface area contributed by atoms with Gasteiger partial charge in [0.25, 0.3) is 0 Å². The van der Waals surface area contributed by atoms with E-state index in [1.807, 2.05) is 48.5 Å². The molecule has 0 aliphatic rings. The molecule has 6 atom stereocenters. The number of para-hydroxylation sites is 1. The van der Waals surface area contributed by atoms with E-state index in [4.69, 9.17) is 17.2 Å². The highest BCUT2D eigenvalue weighted by Crippen LogP contribution is 2.19. The van der Waals surface area contributed by atoms with Crippen LogP contribution in [0.5, 0.6) is 0 Å². The summed E-state index contributed by atoms with van der Waals surface area (Å²) in [6.07, 6.45) is 0.532. The van der Waals surface area contributed by atoms with Crippen LogP contribution in [0.4, 0.5) is 0 Å². The molecule has 0 aliphatic carbocycles. The summed E-state index contributed by atoms with van der Waals surface area (Å²) in [6, 6.07) is 9.93. The highest BCUT2D eigenvalue weighted by atomic mass is 16.4. The summed E-state index contributed by atoms with van der Waals surface area (Å²) in [5.74, 6) is -5.89. The number of nitrogens with zero attached hydrogens (tertiary/aromatic N) is 1. The lowest BCUT2D eigenvalue weighted by Crippen LogP contribution is -2.61. The zero-order valence-corrected chi connectivity index (χ0v) is 31.1. The summed E-state index contributed by atoms with van der Waals surface area (Å²) in [7, 11) is 0. The molecule has 0 radical (unpaired) electrons. The Bertz CT molecular complexity index is 1810. The van der Waals surface area contributed by atoms with Crippen molar-refractivity contribution in [2.45, 2.75) is 82.8 Å². The van der Waals surface area contributed by atoms with E-state index in [1.165, 1.54) is 6.92 Å². The van der Waals surface area contributed by atoms with Gasteiger partial charge in [-0.15, -0.1) is 0 Å². The topological polar surface area (TPSA) is 309 Å². The van der Waals surface area contributed by atoms with Gasteiger partial charge in [0.15, 0.2) is 5.96 Å². The van der Waals surface area contributed by atoms with Gasteiger partial charge in [-0.2, -0.15) is 0 Å². The molecule has 1 aromatic heterocycles. The van der Waals surface area contributed by atoms with Crippen LogP contribution in [0.1, 0.15) is 44.7 Å². The number of carbonyl (C=O) groups excluding carboxylic acids is 5. The lowest BCUT2D eigenvalue weighted by Gasteiger charge is -2.28. The van der Waals surface area contributed by atoms with Crippen molar-refractivity contribution in [2.75, 3.05) is 13.1 Å². The van der Waals surface area contributed by atoms with Crippen molar-refractivity contribution in [1.29, 1.82) is 0 Å². The third-order valence-corrected chi connectivity index (χ3v) is 8.68. The number of aromatic nitrogens is 1. The number of carboxylic acid groups (broad SMARTS) is 1. The number of benzene rings is 2. The number of hydrogen-bond acceptors (Lipinski definition) is 9. The molecule has 55 heavy (non-hydrogen) atoms. The van der Waals surface area contributed by atoms with E-state index in [2.05, 4.69) is 36.6 Å². The predicted molar refractivity (Wildman–Crippen MR) is 205 cm³/mol. The number of amides is 5. The van der Waals surface area contributed by atoms with Gasteiger partial charge < -0.3 is 59.0 Å². The van der Waals surface area contributed by atoms with E-state index in [-0.39, 0.29) is 38.2 Å². The molecule has 14 N–H and O–H groups in total. The van der Waals surface area contributed by atoms with Gasteiger partial charge >= 0.3 is 5.97 Å². The van der Waals surface area contributed by atoms with Crippen molar-refractivity contribution < 1.29 is 39.0 Å². The maximum Gasteiger partial charge on any atom is 0.326 e.